The molecule has 0 aliphatic carbocycles. The molecular formula is C20H22FN5O4. The quantitative estimate of drug-likeness (QED) is 0.593. The molecule has 1 fully saturated rings. The van der Waals surface area contributed by atoms with Crippen LogP contribution in [0.4, 0.5) is 15.8 Å². The van der Waals surface area contributed by atoms with Gasteiger partial charge in [-0.2, -0.15) is 5.10 Å². The standard InChI is InChI=1S/C20H22FN5O4/c1-2-13-7-16(17(8-18(13)30-12-27)25-3-5-29-6-4-25)24-20(28)15-10-23-26-11-14(21)9-22-19(15)26/h7-11,27H,2-6,12H2,1H3,(H,24,28). The number of ether oxygens (including phenoxy) is 2. The molecule has 30 heavy (non-hydrogen) atoms. The normalized spacial score (nSPS) is 14.2. The highest BCUT2D eigenvalue weighted by Gasteiger charge is 2.21. The Morgan fingerprint density at radius 2 is 2.13 bits per heavy atom. The molecule has 1 aromatic carbocycles. The summed E-state index contributed by atoms with van der Waals surface area (Å²) in [6, 6.07) is 3.66. The summed E-state index contributed by atoms with van der Waals surface area (Å²) in [6.07, 6.45) is 4.21. The molecule has 9 nitrogen and oxygen atoms in total. The molecule has 3 aromatic rings. The Balaban J connectivity index is 1.71. The van der Waals surface area contributed by atoms with Gasteiger partial charge in [0.25, 0.3) is 5.91 Å². The predicted octanol–water partition coefficient (Wildman–Crippen LogP) is 1.85. The van der Waals surface area contributed by atoms with Crippen LogP contribution >= 0.6 is 0 Å². The van der Waals surface area contributed by atoms with Crippen LogP contribution in [0.15, 0.2) is 30.7 Å². The van der Waals surface area contributed by atoms with Crippen molar-refractivity contribution in [2.24, 2.45) is 0 Å². The molecule has 0 spiro atoms. The third-order valence-electron chi connectivity index (χ3n) is 4.95. The van der Waals surface area contributed by atoms with Crippen LogP contribution < -0.4 is 15.0 Å². The number of aryl methyl sites for hydroxylation is 1. The molecular weight excluding hydrogens is 393 g/mol. The van der Waals surface area contributed by atoms with E-state index in [9.17, 15) is 14.3 Å². The van der Waals surface area contributed by atoms with Gasteiger partial charge in [0.05, 0.1) is 43.2 Å². The van der Waals surface area contributed by atoms with Gasteiger partial charge in [0.2, 0.25) is 0 Å². The van der Waals surface area contributed by atoms with Gasteiger partial charge >= 0.3 is 0 Å². The number of amides is 1. The first-order chi connectivity index (χ1) is 14.6. The van der Waals surface area contributed by atoms with Gasteiger partial charge in [0, 0.05) is 19.2 Å². The molecule has 0 unspecified atom stereocenters. The minimum atomic E-state index is -0.542. The van der Waals surface area contributed by atoms with Crippen LogP contribution in [0.5, 0.6) is 5.75 Å². The zero-order chi connectivity index (χ0) is 21.1. The maximum Gasteiger partial charge on any atom is 0.261 e. The summed E-state index contributed by atoms with van der Waals surface area (Å²) >= 11 is 0. The minimum Gasteiger partial charge on any atom is -0.467 e. The van der Waals surface area contributed by atoms with Gasteiger partial charge in [0.15, 0.2) is 18.3 Å². The molecule has 3 heterocycles. The Bertz CT molecular complexity index is 1060. The molecule has 0 atom stereocenters. The number of hydrogen-bond acceptors (Lipinski definition) is 7. The summed E-state index contributed by atoms with van der Waals surface area (Å²) in [7, 11) is 0. The lowest BCUT2D eigenvalue weighted by molar-refractivity contribution is 0.0973. The first-order valence-corrected chi connectivity index (χ1v) is 9.64. The summed E-state index contributed by atoms with van der Waals surface area (Å²) < 4.78 is 25.4. The van der Waals surface area contributed by atoms with E-state index in [-0.39, 0.29) is 11.2 Å². The van der Waals surface area contributed by atoms with E-state index >= 15 is 0 Å². The Hall–Kier alpha value is -3.24. The number of aromatic nitrogens is 3. The van der Waals surface area contributed by atoms with E-state index < -0.39 is 18.5 Å². The van der Waals surface area contributed by atoms with Crippen molar-refractivity contribution in [3.8, 4) is 5.75 Å². The number of aliphatic hydroxyl groups excluding tert-OH is 1. The molecule has 0 saturated carbocycles. The Morgan fingerprint density at radius 1 is 1.33 bits per heavy atom. The van der Waals surface area contributed by atoms with Crippen LogP contribution in [0.2, 0.25) is 0 Å². The van der Waals surface area contributed by atoms with Gasteiger partial charge < -0.3 is 24.8 Å². The van der Waals surface area contributed by atoms with E-state index in [2.05, 4.69) is 20.3 Å². The highest BCUT2D eigenvalue weighted by atomic mass is 19.1. The lowest BCUT2D eigenvalue weighted by Crippen LogP contribution is -2.36. The Kier molecular flexibility index (Phi) is 5.77. The third-order valence-corrected chi connectivity index (χ3v) is 4.95. The summed E-state index contributed by atoms with van der Waals surface area (Å²) in [5.41, 5.74) is 2.71. The Morgan fingerprint density at radius 3 is 2.87 bits per heavy atom. The zero-order valence-electron chi connectivity index (χ0n) is 16.5. The molecule has 1 aliphatic heterocycles. The fourth-order valence-corrected chi connectivity index (χ4v) is 3.46. The van der Waals surface area contributed by atoms with Crippen molar-refractivity contribution in [3.05, 3.63) is 47.7 Å². The van der Waals surface area contributed by atoms with E-state index in [1.165, 1.54) is 10.7 Å². The minimum absolute atomic E-state index is 0.233. The number of morpholine rings is 1. The number of nitrogens with zero attached hydrogens (tertiary/aromatic N) is 4. The van der Waals surface area contributed by atoms with Crippen molar-refractivity contribution >= 4 is 22.9 Å². The number of anilines is 2. The summed E-state index contributed by atoms with van der Waals surface area (Å²) in [4.78, 5) is 19.1. The SMILES string of the molecule is CCc1cc(NC(=O)c2cnn3cc(F)cnc23)c(N2CCOCC2)cc1OCO. The summed E-state index contributed by atoms with van der Waals surface area (Å²) in [6.45, 7) is 3.98. The van der Waals surface area contributed by atoms with E-state index in [1.54, 1.807) is 0 Å². The fraction of sp³-hybridized carbons (Fsp3) is 0.350. The summed E-state index contributed by atoms with van der Waals surface area (Å²) in [5.74, 6) is -0.386. The Labute approximate surface area is 172 Å². The predicted molar refractivity (Wildman–Crippen MR) is 107 cm³/mol. The van der Waals surface area contributed by atoms with Crippen molar-refractivity contribution in [2.45, 2.75) is 13.3 Å². The van der Waals surface area contributed by atoms with E-state index in [0.29, 0.717) is 44.2 Å². The topological polar surface area (TPSA) is 101 Å². The van der Waals surface area contributed by atoms with Crippen LogP contribution in [-0.4, -0.2) is 58.7 Å². The fourth-order valence-electron chi connectivity index (χ4n) is 3.46. The van der Waals surface area contributed by atoms with Crippen molar-refractivity contribution in [3.63, 3.8) is 0 Å². The first-order valence-electron chi connectivity index (χ1n) is 9.64. The van der Waals surface area contributed by atoms with Crippen LogP contribution in [0.3, 0.4) is 0 Å². The van der Waals surface area contributed by atoms with Crippen molar-refractivity contribution in [2.75, 3.05) is 43.3 Å². The monoisotopic (exact) mass is 415 g/mol. The molecule has 2 N–H and O–H groups in total. The summed E-state index contributed by atoms with van der Waals surface area (Å²) in [5, 5.41) is 16.2. The molecule has 0 radical (unpaired) electrons. The van der Waals surface area contributed by atoms with E-state index in [0.717, 1.165) is 23.6 Å². The van der Waals surface area contributed by atoms with E-state index in [4.69, 9.17) is 9.47 Å². The van der Waals surface area contributed by atoms with Crippen LogP contribution in [-0.2, 0) is 11.2 Å². The molecule has 1 amide bonds. The molecule has 158 valence electrons. The second-order valence-electron chi connectivity index (χ2n) is 6.76. The second kappa shape index (κ2) is 8.64. The molecule has 1 saturated heterocycles. The number of nitrogens with one attached hydrogen (secondary N) is 1. The molecule has 2 aromatic heterocycles. The number of benzene rings is 1. The maximum absolute atomic E-state index is 13.4. The number of hydrogen-bond donors (Lipinski definition) is 2. The van der Waals surface area contributed by atoms with Gasteiger partial charge in [-0.1, -0.05) is 6.92 Å². The lowest BCUT2D eigenvalue weighted by atomic mass is 10.1. The average Bonchev–Trinajstić information content (AvgIpc) is 3.18. The van der Waals surface area contributed by atoms with Gasteiger partial charge in [0.1, 0.15) is 11.3 Å². The van der Waals surface area contributed by atoms with Gasteiger partial charge in [-0.25, -0.2) is 13.9 Å². The highest BCUT2D eigenvalue weighted by molar-refractivity contribution is 6.09. The maximum atomic E-state index is 13.4. The third kappa shape index (κ3) is 3.91. The van der Waals surface area contributed by atoms with Gasteiger partial charge in [-0.3, -0.25) is 4.79 Å². The van der Waals surface area contributed by atoms with Crippen LogP contribution in [0.25, 0.3) is 5.65 Å². The van der Waals surface area contributed by atoms with E-state index in [1.807, 2.05) is 19.1 Å². The number of aliphatic hydroxyl groups is 1. The average molecular weight is 415 g/mol. The lowest BCUT2D eigenvalue weighted by Gasteiger charge is -2.31. The number of halogens is 1. The van der Waals surface area contributed by atoms with Crippen molar-refractivity contribution in [1.29, 1.82) is 0 Å². The first kappa shape index (κ1) is 20.0. The van der Waals surface area contributed by atoms with Crippen LogP contribution in [0.1, 0.15) is 22.8 Å². The molecule has 10 heteroatoms. The van der Waals surface area contributed by atoms with Crippen molar-refractivity contribution < 1.29 is 23.8 Å². The van der Waals surface area contributed by atoms with Crippen molar-refractivity contribution in [1.82, 2.24) is 14.6 Å². The van der Waals surface area contributed by atoms with Gasteiger partial charge in [-0.05, 0) is 18.1 Å². The number of fused-ring (bicyclic) bond motifs is 1. The van der Waals surface area contributed by atoms with Crippen LogP contribution in [0, 0.1) is 5.82 Å². The molecule has 4 rings (SSSR count). The number of rotatable bonds is 6. The highest BCUT2D eigenvalue weighted by Crippen LogP contribution is 2.35. The van der Waals surface area contributed by atoms with Gasteiger partial charge in [-0.15, -0.1) is 0 Å². The molecule has 1 aliphatic rings. The second-order valence-corrected chi connectivity index (χ2v) is 6.76. The number of carbonyl (C=O) groups excluding carboxylic acids is 1. The smallest absolute Gasteiger partial charge is 0.261 e. The zero-order valence-corrected chi connectivity index (χ0v) is 16.5. The molecule has 0 bridgehead atoms. The number of carbonyl (C=O) groups is 1. The largest absolute Gasteiger partial charge is 0.467 e.